The van der Waals surface area contributed by atoms with Gasteiger partial charge in [-0.15, -0.1) is 0 Å². The molecule has 4 saturated heterocycles. The van der Waals surface area contributed by atoms with Crippen LogP contribution in [0.25, 0.3) is 0 Å². The molecule has 7 nitrogen and oxygen atoms in total. The van der Waals surface area contributed by atoms with Gasteiger partial charge in [0.2, 0.25) is 17.7 Å². The molecular formula is C20H32N4O3. The van der Waals surface area contributed by atoms with Gasteiger partial charge in [0.25, 0.3) is 0 Å². The first-order chi connectivity index (χ1) is 13.1. The van der Waals surface area contributed by atoms with E-state index in [1.165, 1.54) is 6.42 Å². The van der Waals surface area contributed by atoms with Gasteiger partial charge < -0.3 is 15.1 Å². The van der Waals surface area contributed by atoms with Crippen molar-refractivity contribution in [3.63, 3.8) is 0 Å². The summed E-state index contributed by atoms with van der Waals surface area (Å²) in [5.74, 6) is 1.70. The van der Waals surface area contributed by atoms with Crippen LogP contribution in [-0.2, 0) is 14.4 Å². The van der Waals surface area contributed by atoms with Crippen LogP contribution in [0.2, 0.25) is 0 Å². The number of nitrogens with one attached hydrogen (secondary N) is 1. The molecule has 4 aliphatic rings. The Bertz CT molecular complexity index is 596. The predicted molar refractivity (Wildman–Crippen MR) is 101 cm³/mol. The third-order valence-corrected chi connectivity index (χ3v) is 6.72. The Balaban J connectivity index is 1.19. The molecule has 0 aromatic carbocycles. The van der Waals surface area contributed by atoms with E-state index in [1.54, 1.807) is 0 Å². The normalized spacial score (nSPS) is 31.2. The highest BCUT2D eigenvalue weighted by Crippen LogP contribution is 2.37. The Hall–Kier alpha value is -1.63. The maximum atomic E-state index is 12.3. The Morgan fingerprint density at radius 3 is 2.74 bits per heavy atom. The number of carbonyl (C=O) groups excluding carboxylic acids is 3. The number of carbonyl (C=O) groups is 3. The summed E-state index contributed by atoms with van der Waals surface area (Å²) in [6.07, 6.45) is 6.52. The maximum Gasteiger partial charge on any atom is 0.234 e. The number of fused-ring (bicyclic) bond motifs is 4. The number of hydrogen-bond donors (Lipinski definition) is 1. The van der Waals surface area contributed by atoms with Crippen molar-refractivity contribution in [2.45, 2.75) is 51.0 Å². The Morgan fingerprint density at radius 1 is 1.07 bits per heavy atom. The van der Waals surface area contributed by atoms with Gasteiger partial charge in [-0.2, -0.15) is 0 Å². The average Bonchev–Trinajstić information content (AvgIpc) is 3.05. The van der Waals surface area contributed by atoms with Gasteiger partial charge >= 0.3 is 0 Å². The van der Waals surface area contributed by atoms with Gasteiger partial charge in [0.15, 0.2) is 0 Å². The topological polar surface area (TPSA) is 73.0 Å². The van der Waals surface area contributed by atoms with Crippen LogP contribution in [0.15, 0.2) is 0 Å². The van der Waals surface area contributed by atoms with Crippen molar-refractivity contribution in [1.82, 2.24) is 20.0 Å². The zero-order valence-corrected chi connectivity index (χ0v) is 16.2. The van der Waals surface area contributed by atoms with E-state index in [0.717, 1.165) is 58.4 Å². The molecule has 0 aromatic heterocycles. The number of piperidine rings is 3. The summed E-state index contributed by atoms with van der Waals surface area (Å²) in [5, 5.41) is 3.01. The lowest BCUT2D eigenvalue weighted by Gasteiger charge is -2.52. The molecule has 4 rings (SSSR count). The summed E-state index contributed by atoms with van der Waals surface area (Å²) in [6.45, 7) is 5.43. The second-order valence-corrected chi connectivity index (χ2v) is 8.75. The summed E-state index contributed by atoms with van der Waals surface area (Å²) in [7, 11) is 0. The summed E-state index contributed by atoms with van der Waals surface area (Å²) in [6, 6.07) is 0.395. The highest BCUT2D eigenvalue weighted by Gasteiger charge is 2.43. The quantitative estimate of drug-likeness (QED) is 0.683. The second-order valence-electron chi connectivity index (χ2n) is 8.75. The van der Waals surface area contributed by atoms with E-state index in [9.17, 15) is 14.4 Å². The minimum atomic E-state index is 0.0827. The van der Waals surface area contributed by atoms with Crippen LogP contribution in [0.4, 0.5) is 0 Å². The number of nitrogens with zero attached hydrogens (tertiary/aromatic N) is 3. The Kier molecular flexibility index (Phi) is 5.66. The molecule has 4 aliphatic heterocycles. The summed E-state index contributed by atoms with van der Waals surface area (Å²) in [5.41, 5.74) is 0. The minimum Gasteiger partial charge on any atom is -0.355 e. The highest BCUT2D eigenvalue weighted by molar-refractivity contribution is 5.79. The molecule has 0 saturated carbocycles. The van der Waals surface area contributed by atoms with Crippen LogP contribution in [0, 0.1) is 11.8 Å². The predicted octanol–water partition coefficient (Wildman–Crippen LogP) is 0.448. The third-order valence-electron chi connectivity index (χ3n) is 6.72. The standard InChI is InChI=1S/C20H32N4O3/c25-18(21-7-3-9-23-8-2-6-19(23)26)14-22-11-15-10-16(13-22)17-4-1-5-20(27)24(17)12-15/h15-17H,1-14H2,(H,21,25)/t15?,16?,17-/m1/s1. The van der Waals surface area contributed by atoms with Crippen molar-refractivity contribution in [3.05, 3.63) is 0 Å². The molecule has 4 fully saturated rings. The second kappa shape index (κ2) is 8.17. The van der Waals surface area contributed by atoms with E-state index in [-0.39, 0.29) is 11.8 Å². The third kappa shape index (κ3) is 4.28. The Labute approximate surface area is 161 Å². The van der Waals surface area contributed by atoms with Crippen LogP contribution in [-0.4, -0.2) is 84.3 Å². The molecule has 2 unspecified atom stereocenters. The van der Waals surface area contributed by atoms with E-state index in [1.807, 2.05) is 4.90 Å². The van der Waals surface area contributed by atoms with Gasteiger partial charge in [0.1, 0.15) is 0 Å². The van der Waals surface area contributed by atoms with Gasteiger partial charge in [0.05, 0.1) is 6.54 Å². The maximum absolute atomic E-state index is 12.3. The summed E-state index contributed by atoms with van der Waals surface area (Å²) in [4.78, 5) is 42.4. The number of likely N-dealkylation sites (tertiary alicyclic amines) is 2. The molecule has 27 heavy (non-hydrogen) atoms. The van der Waals surface area contributed by atoms with E-state index in [0.29, 0.717) is 49.7 Å². The van der Waals surface area contributed by atoms with E-state index in [4.69, 9.17) is 0 Å². The zero-order valence-electron chi connectivity index (χ0n) is 16.2. The van der Waals surface area contributed by atoms with Crippen molar-refractivity contribution >= 4 is 17.7 Å². The molecule has 150 valence electrons. The molecular weight excluding hydrogens is 344 g/mol. The lowest BCUT2D eigenvalue weighted by atomic mass is 9.76. The monoisotopic (exact) mass is 376 g/mol. The summed E-state index contributed by atoms with van der Waals surface area (Å²) < 4.78 is 0. The van der Waals surface area contributed by atoms with Crippen LogP contribution >= 0.6 is 0 Å². The molecule has 3 amide bonds. The van der Waals surface area contributed by atoms with Crippen molar-refractivity contribution in [3.8, 4) is 0 Å². The molecule has 7 heteroatoms. The molecule has 0 aliphatic carbocycles. The lowest BCUT2D eigenvalue weighted by molar-refractivity contribution is -0.145. The largest absolute Gasteiger partial charge is 0.355 e. The van der Waals surface area contributed by atoms with E-state index >= 15 is 0 Å². The van der Waals surface area contributed by atoms with Crippen LogP contribution in [0.3, 0.4) is 0 Å². The average molecular weight is 377 g/mol. The first-order valence-electron chi connectivity index (χ1n) is 10.7. The fraction of sp³-hybridized carbons (Fsp3) is 0.850. The van der Waals surface area contributed by atoms with Gasteiger partial charge in [-0.05, 0) is 43.9 Å². The zero-order chi connectivity index (χ0) is 18.8. The van der Waals surface area contributed by atoms with Crippen LogP contribution in [0.1, 0.15) is 44.9 Å². The van der Waals surface area contributed by atoms with Crippen molar-refractivity contribution in [1.29, 1.82) is 0 Å². The Morgan fingerprint density at radius 2 is 1.93 bits per heavy atom. The van der Waals surface area contributed by atoms with Crippen molar-refractivity contribution < 1.29 is 14.4 Å². The fourth-order valence-electron chi connectivity index (χ4n) is 5.54. The highest BCUT2D eigenvalue weighted by atomic mass is 16.2. The first kappa shape index (κ1) is 18.7. The van der Waals surface area contributed by atoms with Crippen molar-refractivity contribution in [2.24, 2.45) is 11.8 Å². The lowest BCUT2D eigenvalue weighted by Crippen LogP contribution is -2.61. The van der Waals surface area contributed by atoms with E-state index in [2.05, 4.69) is 15.1 Å². The molecule has 0 spiro atoms. The smallest absolute Gasteiger partial charge is 0.234 e. The fourth-order valence-corrected chi connectivity index (χ4v) is 5.54. The van der Waals surface area contributed by atoms with E-state index < -0.39 is 0 Å². The summed E-state index contributed by atoms with van der Waals surface area (Å²) >= 11 is 0. The van der Waals surface area contributed by atoms with Gasteiger partial charge in [-0.3, -0.25) is 19.3 Å². The molecule has 3 atom stereocenters. The SMILES string of the molecule is O=C(CN1CC2CC(C1)[C@H]1CCCC(=O)N1C2)NCCCN1CCCC1=O. The van der Waals surface area contributed by atoms with Crippen LogP contribution < -0.4 is 5.32 Å². The van der Waals surface area contributed by atoms with Crippen LogP contribution in [0.5, 0.6) is 0 Å². The number of rotatable bonds is 6. The van der Waals surface area contributed by atoms with Gasteiger partial charge in [-0.25, -0.2) is 0 Å². The van der Waals surface area contributed by atoms with Gasteiger partial charge in [0, 0.05) is 58.2 Å². The minimum absolute atomic E-state index is 0.0827. The first-order valence-corrected chi connectivity index (χ1v) is 10.7. The number of hydrogen-bond acceptors (Lipinski definition) is 4. The number of amides is 3. The molecule has 1 N–H and O–H groups in total. The molecule has 2 bridgehead atoms. The molecule has 0 aromatic rings. The molecule has 0 radical (unpaired) electrons. The molecule has 4 heterocycles. The van der Waals surface area contributed by atoms with Crippen molar-refractivity contribution in [2.75, 3.05) is 45.8 Å². The van der Waals surface area contributed by atoms with Gasteiger partial charge in [-0.1, -0.05) is 0 Å².